The van der Waals surface area contributed by atoms with Crippen molar-refractivity contribution in [3.63, 3.8) is 0 Å². The van der Waals surface area contributed by atoms with E-state index in [1.807, 2.05) is 0 Å². The molecule has 0 spiro atoms. The number of nitrogens with zero attached hydrogens (tertiary/aromatic N) is 4. The maximum Gasteiger partial charge on any atom is 0.162 e. The summed E-state index contributed by atoms with van der Waals surface area (Å²) in [6, 6.07) is 4.30. The van der Waals surface area contributed by atoms with Crippen molar-refractivity contribution in [1.82, 2.24) is 19.9 Å². The first-order valence-electron chi connectivity index (χ1n) is 7.30. The van der Waals surface area contributed by atoms with Crippen LogP contribution in [0.1, 0.15) is 18.2 Å². The summed E-state index contributed by atoms with van der Waals surface area (Å²) in [4.78, 5) is 2.39. The smallest absolute Gasteiger partial charge is 0.162 e. The molecule has 0 radical (unpaired) electrons. The number of ether oxygens (including phenoxy) is 1. The van der Waals surface area contributed by atoms with Crippen molar-refractivity contribution in [2.75, 3.05) is 44.3 Å². The van der Waals surface area contributed by atoms with E-state index < -0.39 is 0 Å². The van der Waals surface area contributed by atoms with E-state index in [2.05, 4.69) is 43.1 Å². The Morgan fingerprint density at radius 3 is 2.95 bits per heavy atom. The third kappa shape index (κ3) is 2.05. The number of hydrogen-bond donors (Lipinski definition) is 1. The average molecular weight is 273 g/mol. The molecule has 2 aromatic rings. The summed E-state index contributed by atoms with van der Waals surface area (Å²) in [5, 5.41) is 12.1. The van der Waals surface area contributed by atoms with Gasteiger partial charge in [0.1, 0.15) is 5.82 Å². The molecule has 4 rings (SSSR count). The van der Waals surface area contributed by atoms with Crippen molar-refractivity contribution < 1.29 is 4.74 Å². The Hall–Kier alpha value is -1.66. The lowest BCUT2D eigenvalue weighted by Gasteiger charge is -2.29. The predicted octanol–water partition coefficient (Wildman–Crippen LogP) is 0.643. The van der Waals surface area contributed by atoms with Crippen molar-refractivity contribution in [3.05, 3.63) is 24.2 Å². The van der Waals surface area contributed by atoms with Gasteiger partial charge in [-0.15, -0.1) is 10.2 Å². The Kier molecular flexibility index (Phi) is 3.05. The van der Waals surface area contributed by atoms with E-state index in [0.717, 1.165) is 57.3 Å². The highest BCUT2D eigenvalue weighted by Crippen LogP contribution is 2.25. The van der Waals surface area contributed by atoms with Gasteiger partial charge in [-0.25, -0.2) is 0 Å². The predicted molar refractivity (Wildman–Crippen MR) is 76.2 cm³/mol. The Labute approximate surface area is 117 Å². The van der Waals surface area contributed by atoms with Gasteiger partial charge in [0.25, 0.3) is 0 Å². The van der Waals surface area contributed by atoms with Gasteiger partial charge < -0.3 is 15.0 Å². The standard InChI is InChI=1S/C14H19N5O/c1-5-19-13(9-12(1)18-6-3-15-4-7-18)16-17-14(19)11-2-8-20-10-11/h1,5,9,11,15H,2-4,6-8,10H2. The summed E-state index contributed by atoms with van der Waals surface area (Å²) in [5.74, 6) is 1.42. The fraction of sp³-hybridized carbons (Fsp3) is 0.571. The summed E-state index contributed by atoms with van der Waals surface area (Å²) in [6.07, 6.45) is 3.14. The molecule has 4 heterocycles. The fourth-order valence-corrected chi connectivity index (χ4v) is 3.03. The maximum atomic E-state index is 5.45. The van der Waals surface area contributed by atoms with Crippen molar-refractivity contribution in [1.29, 1.82) is 0 Å². The lowest BCUT2D eigenvalue weighted by molar-refractivity contribution is 0.193. The van der Waals surface area contributed by atoms with E-state index in [0.29, 0.717) is 5.92 Å². The number of fused-ring (bicyclic) bond motifs is 1. The molecule has 106 valence electrons. The summed E-state index contributed by atoms with van der Waals surface area (Å²) in [6.45, 7) is 5.78. The Bertz CT molecular complexity index is 599. The molecule has 0 saturated carbocycles. The number of hydrogen-bond acceptors (Lipinski definition) is 5. The largest absolute Gasteiger partial charge is 0.381 e. The molecule has 20 heavy (non-hydrogen) atoms. The second kappa shape index (κ2) is 5.03. The van der Waals surface area contributed by atoms with Crippen molar-refractivity contribution in [2.24, 2.45) is 0 Å². The molecule has 0 aliphatic carbocycles. The van der Waals surface area contributed by atoms with E-state index in [9.17, 15) is 0 Å². The molecular weight excluding hydrogens is 254 g/mol. The number of nitrogens with one attached hydrogen (secondary N) is 1. The second-order valence-electron chi connectivity index (χ2n) is 5.47. The van der Waals surface area contributed by atoms with Gasteiger partial charge in [-0.1, -0.05) is 0 Å². The van der Waals surface area contributed by atoms with E-state index in [1.54, 1.807) is 0 Å². The van der Waals surface area contributed by atoms with E-state index >= 15 is 0 Å². The summed E-state index contributed by atoms with van der Waals surface area (Å²) in [7, 11) is 0. The van der Waals surface area contributed by atoms with Crippen LogP contribution in [0.4, 0.5) is 5.69 Å². The molecule has 1 unspecified atom stereocenters. The minimum absolute atomic E-state index is 0.384. The minimum atomic E-state index is 0.384. The van der Waals surface area contributed by atoms with Gasteiger partial charge in [0.15, 0.2) is 5.65 Å². The fourth-order valence-electron chi connectivity index (χ4n) is 3.03. The molecule has 6 heteroatoms. The number of piperazine rings is 1. The van der Waals surface area contributed by atoms with Gasteiger partial charge in [0.05, 0.1) is 6.61 Å². The topological polar surface area (TPSA) is 54.7 Å². The van der Waals surface area contributed by atoms with Crippen molar-refractivity contribution >= 4 is 11.3 Å². The van der Waals surface area contributed by atoms with Gasteiger partial charge in [-0.2, -0.15) is 0 Å². The lowest BCUT2D eigenvalue weighted by Crippen LogP contribution is -2.43. The van der Waals surface area contributed by atoms with Crippen molar-refractivity contribution in [2.45, 2.75) is 12.3 Å². The van der Waals surface area contributed by atoms with E-state index in [-0.39, 0.29) is 0 Å². The van der Waals surface area contributed by atoms with Crippen molar-refractivity contribution in [3.8, 4) is 0 Å². The summed E-state index contributed by atoms with van der Waals surface area (Å²) in [5.41, 5.74) is 2.17. The SMILES string of the molecule is c1cn2c(C3CCOC3)nnc2cc1N1CCNCC1. The van der Waals surface area contributed by atoms with Crippen LogP contribution in [0, 0.1) is 0 Å². The van der Waals surface area contributed by atoms with Crippen LogP contribution in [0.25, 0.3) is 5.65 Å². The van der Waals surface area contributed by atoms with E-state index in [1.165, 1.54) is 5.69 Å². The molecule has 6 nitrogen and oxygen atoms in total. The second-order valence-corrected chi connectivity index (χ2v) is 5.47. The van der Waals surface area contributed by atoms with Crippen LogP contribution in [-0.4, -0.2) is 54.0 Å². The molecule has 2 fully saturated rings. The van der Waals surface area contributed by atoms with Crippen LogP contribution in [-0.2, 0) is 4.74 Å². The first kappa shape index (κ1) is 12.1. The number of rotatable bonds is 2. The van der Waals surface area contributed by atoms with Gasteiger partial charge in [0, 0.05) is 56.7 Å². The number of aromatic nitrogens is 3. The van der Waals surface area contributed by atoms with Gasteiger partial charge in [-0.05, 0) is 12.5 Å². The quantitative estimate of drug-likeness (QED) is 0.870. The van der Waals surface area contributed by atoms with Crippen LogP contribution < -0.4 is 10.2 Å². The highest BCUT2D eigenvalue weighted by atomic mass is 16.5. The molecule has 2 aliphatic heterocycles. The normalized spacial score (nSPS) is 23.6. The zero-order valence-electron chi connectivity index (χ0n) is 11.5. The highest BCUT2D eigenvalue weighted by molar-refractivity contribution is 5.56. The Balaban J connectivity index is 1.66. The molecule has 0 aromatic carbocycles. The number of pyridine rings is 1. The zero-order chi connectivity index (χ0) is 13.4. The zero-order valence-corrected chi connectivity index (χ0v) is 11.5. The molecule has 1 atom stereocenters. The maximum absolute atomic E-state index is 5.45. The first-order chi connectivity index (χ1) is 9.92. The lowest BCUT2D eigenvalue weighted by atomic mass is 10.1. The third-order valence-corrected chi connectivity index (χ3v) is 4.20. The Morgan fingerprint density at radius 1 is 1.25 bits per heavy atom. The molecule has 1 N–H and O–H groups in total. The third-order valence-electron chi connectivity index (χ3n) is 4.20. The van der Waals surface area contributed by atoms with Crippen LogP contribution in [0.15, 0.2) is 18.3 Å². The van der Waals surface area contributed by atoms with Gasteiger partial charge in [0.2, 0.25) is 0 Å². The molecule has 2 aliphatic rings. The molecular formula is C14H19N5O. The minimum Gasteiger partial charge on any atom is -0.381 e. The highest BCUT2D eigenvalue weighted by Gasteiger charge is 2.23. The monoisotopic (exact) mass is 273 g/mol. The molecule has 2 aromatic heterocycles. The van der Waals surface area contributed by atoms with Gasteiger partial charge in [-0.3, -0.25) is 4.40 Å². The van der Waals surface area contributed by atoms with Crippen LogP contribution in [0.3, 0.4) is 0 Å². The molecule has 2 saturated heterocycles. The van der Waals surface area contributed by atoms with Crippen LogP contribution in [0.5, 0.6) is 0 Å². The van der Waals surface area contributed by atoms with E-state index in [4.69, 9.17) is 4.74 Å². The average Bonchev–Trinajstić information content (AvgIpc) is 3.16. The first-order valence-corrected chi connectivity index (χ1v) is 7.30. The molecule has 0 bridgehead atoms. The van der Waals surface area contributed by atoms with Crippen LogP contribution >= 0.6 is 0 Å². The van der Waals surface area contributed by atoms with Gasteiger partial charge >= 0.3 is 0 Å². The number of anilines is 1. The summed E-state index contributed by atoms with van der Waals surface area (Å²) < 4.78 is 7.55. The summed E-state index contributed by atoms with van der Waals surface area (Å²) >= 11 is 0. The molecule has 0 amide bonds. The Morgan fingerprint density at radius 2 is 2.15 bits per heavy atom. The van der Waals surface area contributed by atoms with Crippen LogP contribution in [0.2, 0.25) is 0 Å².